The first-order valence-electron chi connectivity index (χ1n) is 7.58. The number of fused-ring (bicyclic) bond motifs is 1. The first-order chi connectivity index (χ1) is 10.2. The zero-order valence-corrected chi connectivity index (χ0v) is 12.7. The maximum atomic E-state index is 12.5. The van der Waals surface area contributed by atoms with Gasteiger partial charge in [0.15, 0.2) is 0 Å². The molecule has 21 heavy (non-hydrogen) atoms. The third kappa shape index (κ3) is 2.30. The Morgan fingerprint density at radius 1 is 1.38 bits per heavy atom. The molecule has 4 aliphatic heterocycles. The minimum atomic E-state index is 0.187. The molecule has 3 fully saturated rings. The third-order valence-corrected chi connectivity index (χ3v) is 5.97. The van der Waals surface area contributed by atoms with Gasteiger partial charge in [-0.3, -0.25) is 9.59 Å². The molecule has 4 rings (SSSR count). The molecule has 2 amide bonds. The number of likely N-dealkylation sites (tertiary alicyclic amines) is 1. The summed E-state index contributed by atoms with van der Waals surface area (Å²) in [6.45, 7) is 2.76. The lowest BCUT2D eigenvalue weighted by Crippen LogP contribution is -2.49. The average Bonchev–Trinajstić information content (AvgIpc) is 3.10. The van der Waals surface area contributed by atoms with Crippen LogP contribution >= 0.6 is 11.8 Å². The molecule has 2 atom stereocenters. The summed E-state index contributed by atoms with van der Waals surface area (Å²) in [6, 6.07) is 0.361. The molecule has 0 aromatic heterocycles. The van der Waals surface area contributed by atoms with Crippen LogP contribution in [0.3, 0.4) is 0 Å². The lowest BCUT2D eigenvalue weighted by molar-refractivity contribution is -0.137. The van der Waals surface area contributed by atoms with E-state index in [2.05, 4.69) is 5.32 Å². The molecule has 6 heteroatoms. The number of nitrogens with one attached hydrogen (secondary N) is 1. The van der Waals surface area contributed by atoms with E-state index < -0.39 is 0 Å². The lowest BCUT2D eigenvalue weighted by Gasteiger charge is -2.40. The SMILES string of the molecule is O=C1C(=CC2=CN3C(=O)C[C@@H]3SC2)CCN1C1CCNC1. The van der Waals surface area contributed by atoms with Crippen LogP contribution < -0.4 is 5.32 Å². The summed E-state index contributed by atoms with van der Waals surface area (Å²) in [6.07, 6.45) is 6.50. The molecule has 1 N–H and O–H groups in total. The average molecular weight is 305 g/mol. The minimum absolute atomic E-state index is 0.187. The van der Waals surface area contributed by atoms with E-state index in [9.17, 15) is 9.59 Å². The van der Waals surface area contributed by atoms with Crippen LogP contribution in [0.15, 0.2) is 23.4 Å². The van der Waals surface area contributed by atoms with Gasteiger partial charge in [0.2, 0.25) is 11.8 Å². The van der Waals surface area contributed by atoms with Crippen molar-refractivity contribution in [3.63, 3.8) is 0 Å². The zero-order valence-electron chi connectivity index (χ0n) is 11.9. The van der Waals surface area contributed by atoms with Crippen molar-refractivity contribution in [2.24, 2.45) is 0 Å². The van der Waals surface area contributed by atoms with Gasteiger partial charge in [-0.05, 0) is 31.0 Å². The van der Waals surface area contributed by atoms with Crippen molar-refractivity contribution in [1.82, 2.24) is 15.1 Å². The summed E-state index contributed by atoms with van der Waals surface area (Å²) in [7, 11) is 0. The second kappa shape index (κ2) is 5.18. The summed E-state index contributed by atoms with van der Waals surface area (Å²) in [5.41, 5.74) is 2.00. The van der Waals surface area contributed by atoms with E-state index in [1.807, 2.05) is 17.2 Å². The van der Waals surface area contributed by atoms with Gasteiger partial charge in [0.05, 0.1) is 11.8 Å². The Morgan fingerprint density at radius 2 is 2.29 bits per heavy atom. The van der Waals surface area contributed by atoms with E-state index in [1.54, 1.807) is 16.7 Å². The molecule has 0 aromatic rings. The van der Waals surface area contributed by atoms with Gasteiger partial charge < -0.3 is 15.1 Å². The molecule has 0 aliphatic carbocycles. The molecule has 0 bridgehead atoms. The predicted molar refractivity (Wildman–Crippen MR) is 81.5 cm³/mol. The van der Waals surface area contributed by atoms with Crippen molar-refractivity contribution in [2.75, 3.05) is 25.4 Å². The van der Waals surface area contributed by atoms with Gasteiger partial charge in [0.1, 0.15) is 0 Å². The van der Waals surface area contributed by atoms with Crippen molar-refractivity contribution >= 4 is 23.6 Å². The van der Waals surface area contributed by atoms with Gasteiger partial charge in [-0.25, -0.2) is 0 Å². The molecule has 112 valence electrons. The summed E-state index contributed by atoms with van der Waals surface area (Å²) >= 11 is 1.79. The Hall–Kier alpha value is -1.27. The molecular weight excluding hydrogens is 286 g/mol. The first-order valence-corrected chi connectivity index (χ1v) is 8.63. The van der Waals surface area contributed by atoms with Crippen LogP contribution in [0.4, 0.5) is 0 Å². The van der Waals surface area contributed by atoms with E-state index in [4.69, 9.17) is 0 Å². The van der Waals surface area contributed by atoms with Crippen LogP contribution in [0.5, 0.6) is 0 Å². The van der Waals surface area contributed by atoms with Crippen molar-refractivity contribution < 1.29 is 9.59 Å². The molecule has 0 saturated carbocycles. The standard InChI is InChI=1S/C15H19N3O2S/c19-13-6-14-18(13)8-10(9-21-14)5-11-2-4-17(15(11)20)12-1-3-16-7-12/h5,8,12,14,16H,1-4,6-7,9H2/t12?,14-/m0/s1. The van der Waals surface area contributed by atoms with Crippen molar-refractivity contribution in [3.05, 3.63) is 23.4 Å². The van der Waals surface area contributed by atoms with Gasteiger partial charge in [-0.2, -0.15) is 0 Å². The molecular formula is C15H19N3O2S. The van der Waals surface area contributed by atoms with E-state index in [-0.39, 0.29) is 11.8 Å². The second-order valence-corrected chi connectivity index (χ2v) is 7.21. The zero-order chi connectivity index (χ0) is 14.4. The number of allylic oxidation sites excluding steroid dienone is 1. The molecule has 0 radical (unpaired) electrons. The minimum Gasteiger partial charge on any atom is -0.334 e. The lowest BCUT2D eigenvalue weighted by atomic mass is 10.1. The highest BCUT2D eigenvalue weighted by atomic mass is 32.2. The summed E-state index contributed by atoms with van der Waals surface area (Å²) < 4.78 is 0. The first kappa shape index (κ1) is 13.4. The van der Waals surface area contributed by atoms with Crippen LogP contribution in [0.25, 0.3) is 0 Å². The van der Waals surface area contributed by atoms with Crippen LogP contribution in [0.1, 0.15) is 19.3 Å². The van der Waals surface area contributed by atoms with E-state index in [0.29, 0.717) is 17.8 Å². The van der Waals surface area contributed by atoms with Crippen molar-refractivity contribution in [3.8, 4) is 0 Å². The maximum Gasteiger partial charge on any atom is 0.250 e. The monoisotopic (exact) mass is 305 g/mol. The number of β-lactam (4-membered cyclic amide) rings is 1. The third-order valence-electron chi connectivity index (χ3n) is 4.69. The number of nitrogens with zero attached hydrogens (tertiary/aromatic N) is 2. The number of amides is 2. The highest BCUT2D eigenvalue weighted by Gasteiger charge is 2.38. The molecule has 0 aromatic carbocycles. The molecule has 0 spiro atoms. The molecule has 4 aliphatic rings. The van der Waals surface area contributed by atoms with Crippen molar-refractivity contribution in [2.45, 2.75) is 30.7 Å². The Labute approximate surface area is 128 Å². The predicted octanol–water partition coefficient (Wildman–Crippen LogP) is 0.696. The van der Waals surface area contributed by atoms with E-state index in [1.165, 1.54) is 0 Å². The molecule has 5 nitrogen and oxygen atoms in total. The topological polar surface area (TPSA) is 52.7 Å². The fourth-order valence-corrected chi connectivity index (χ4v) is 4.57. The second-order valence-electron chi connectivity index (χ2n) is 6.04. The van der Waals surface area contributed by atoms with Gasteiger partial charge in [0.25, 0.3) is 0 Å². The van der Waals surface area contributed by atoms with Gasteiger partial charge in [0, 0.05) is 36.7 Å². The fourth-order valence-electron chi connectivity index (χ4n) is 3.43. The van der Waals surface area contributed by atoms with Crippen LogP contribution in [-0.4, -0.2) is 58.4 Å². The van der Waals surface area contributed by atoms with E-state index >= 15 is 0 Å². The maximum absolute atomic E-state index is 12.5. The van der Waals surface area contributed by atoms with Gasteiger partial charge in [-0.15, -0.1) is 11.8 Å². The summed E-state index contributed by atoms with van der Waals surface area (Å²) in [5.74, 6) is 1.28. The quantitative estimate of drug-likeness (QED) is 0.603. The van der Waals surface area contributed by atoms with Crippen LogP contribution in [-0.2, 0) is 9.59 Å². The van der Waals surface area contributed by atoms with Crippen LogP contribution in [0.2, 0.25) is 0 Å². The number of carbonyl (C=O) groups excluding carboxylic acids is 2. The summed E-state index contributed by atoms with van der Waals surface area (Å²) in [4.78, 5) is 27.8. The fraction of sp³-hybridized carbons (Fsp3) is 0.600. The molecule has 3 saturated heterocycles. The smallest absolute Gasteiger partial charge is 0.250 e. The number of hydrogen-bond acceptors (Lipinski definition) is 4. The number of hydrogen-bond donors (Lipinski definition) is 1. The van der Waals surface area contributed by atoms with Gasteiger partial charge >= 0.3 is 0 Å². The van der Waals surface area contributed by atoms with E-state index in [0.717, 1.165) is 49.4 Å². The number of carbonyl (C=O) groups is 2. The largest absolute Gasteiger partial charge is 0.334 e. The highest BCUT2D eigenvalue weighted by Crippen LogP contribution is 2.36. The van der Waals surface area contributed by atoms with Crippen molar-refractivity contribution in [1.29, 1.82) is 0 Å². The normalized spacial score (nSPS) is 34.3. The molecule has 1 unspecified atom stereocenters. The summed E-state index contributed by atoms with van der Waals surface area (Å²) in [5, 5.41) is 3.65. The number of rotatable bonds is 2. The molecule has 4 heterocycles. The Morgan fingerprint density at radius 3 is 3.05 bits per heavy atom. The Bertz CT molecular complexity index is 551. The number of thioether (sulfide) groups is 1. The van der Waals surface area contributed by atoms with Crippen LogP contribution in [0, 0.1) is 0 Å². The van der Waals surface area contributed by atoms with Gasteiger partial charge in [-0.1, -0.05) is 0 Å². The highest BCUT2D eigenvalue weighted by molar-refractivity contribution is 8.00. The Balaban J connectivity index is 1.49. The Kier molecular flexibility index (Phi) is 3.30.